The number of halogens is 4. The van der Waals surface area contributed by atoms with E-state index in [1.54, 1.807) is 0 Å². The summed E-state index contributed by atoms with van der Waals surface area (Å²) >= 11 is 0. The molecule has 0 aromatic carbocycles. The Morgan fingerprint density at radius 1 is 1.36 bits per heavy atom. The van der Waals surface area contributed by atoms with Gasteiger partial charge in [0.15, 0.2) is 0 Å². The van der Waals surface area contributed by atoms with E-state index in [1.165, 1.54) is 5.82 Å². The van der Waals surface area contributed by atoms with Crippen LogP contribution in [0.4, 0.5) is 16.8 Å². The number of aromatic nitrogens is 2. The first-order valence-corrected chi connectivity index (χ1v) is 5.30. The van der Waals surface area contributed by atoms with E-state index in [-0.39, 0.29) is 0 Å². The van der Waals surface area contributed by atoms with Crippen molar-refractivity contribution in [3.8, 4) is 0 Å². The minimum atomic E-state index is -6.39. The maximum atomic E-state index is 9.80. The molecule has 0 aliphatic carbocycles. The van der Waals surface area contributed by atoms with E-state index in [0.717, 1.165) is 6.54 Å². The number of rotatable bonds is 1. The first-order chi connectivity index (χ1) is 6.25. The van der Waals surface area contributed by atoms with E-state index in [9.17, 15) is 16.8 Å². The average molecular weight is 232 g/mol. The second kappa shape index (κ2) is 5.29. The van der Waals surface area contributed by atoms with Gasteiger partial charge in [-0.2, -0.15) is 0 Å². The van der Waals surface area contributed by atoms with Gasteiger partial charge in [-0.05, 0) is 6.92 Å². The molecule has 14 heavy (non-hydrogen) atoms. The molecule has 0 spiro atoms. The van der Waals surface area contributed by atoms with Gasteiger partial charge in [0.25, 0.3) is 5.82 Å². The standard InChI is InChI=1S/C7H13N2.F4P/c1-4-9-6-5-8(3)7(9)2;1-5(2,3)4/h5-6H,4H2,1-3H3;/q+1;-1. The second-order valence-corrected chi connectivity index (χ2v) is 3.39. The molecule has 0 atom stereocenters. The fraction of sp³-hybridized carbons (Fsp3) is 0.571. The molecular weight excluding hydrogens is 219 g/mol. The molecule has 1 aromatic heterocycles. The Hall–Kier alpha value is -0.640. The first kappa shape index (κ1) is 13.4. The zero-order valence-corrected chi connectivity index (χ0v) is 9.11. The average Bonchev–Trinajstić information content (AvgIpc) is 2.30. The monoisotopic (exact) mass is 232 g/mol. The van der Waals surface area contributed by atoms with Gasteiger partial charge in [-0.1, -0.05) is 0 Å². The SMILES string of the molecule is CCn1cc[n+](C)c1C.F[P-](F)(F)F. The van der Waals surface area contributed by atoms with Crippen molar-refractivity contribution in [2.45, 2.75) is 20.4 Å². The fourth-order valence-corrected chi connectivity index (χ4v) is 0.933. The summed E-state index contributed by atoms with van der Waals surface area (Å²) in [4.78, 5) is 0. The van der Waals surface area contributed by atoms with Gasteiger partial charge in [0.1, 0.15) is 12.4 Å². The van der Waals surface area contributed by atoms with Crippen molar-refractivity contribution in [3.63, 3.8) is 0 Å². The molecule has 0 saturated carbocycles. The van der Waals surface area contributed by atoms with Crippen LogP contribution in [0, 0.1) is 6.92 Å². The molecule has 0 N–H and O–H groups in total. The summed E-state index contributed by atoms with van der Waals surface area (Å²) in [5.41, 5.74) is 0. The molecule has 0 fully saturated rings. The molecule has 0 aliphatic heterocycles. The van der Waals surface area contributed by atoms with Crippen LogP contribution in [0.15, 0.2) is 12.4 Å². The molecule has 1 aromatic rings. The van der Waals surface area contributed by atoms with Gasteiger partial charge in [0.05, 0.1) is 13.6 Å². The predicted octanol–water partition coefficient (Wildman–Crippen LogP) is 3.18. The van der Waals surface area contributed by atoms with Crippen LogP contribution >= 0.6 is 8.51 Å². The number of nitrogens with zero attached hydrogens (tertiary/aromatic N) is 2. The van der Waals surface area contributed by atoms with Crippen molar-refractivity contribution in [2.24, 2.45) is 7.05 Å². The van der Waals surface area contributed by atoms with Crippen molar-refractivity contribution < 1.29 is 21.4 Å². The molecule has 0 bridgehead atoms. The van der Waals surface area contributed by atoms with E-state index < -0.39 is 8.51 Å². The van der Waals surface area contributed by atoms with Gasteiger partial charge >= 0.3 is 25.3 Å². The van der Waals surface area contributed by atoms with Gasteiger partial charge in [-0.25, -0.2) is 9.13 Å². The summed E-state index contributed by atoms with van der Waals surface area (Å²) in [6, 6.07) is 0. The van der Waals surface area contributed by atoms with Crippen LogP contribution in [0.5, 0.6) is 0 Å². The minimum absolute atomic E-state index is 1.06. The van der Waals surface area contributed by atoms with Crippen molar-refractivity contribution in [2.75, 3.05) is 0 Å². The Labute approximate surface area is 81.0 Å². The topological polar surface area (TPSA) is 8.81 Å². The molecule has 0 amide bonds. The van der Waals surface area contributed by atoms with Crippen LogP contribution in [-0.4, -0.2) is 4.57 Å². The Morgan fingerprint density at radius 2 is 1.79 bits per heavy atom. The molecule has 84 valence electrons. The molecular formula is C7H13F4N2P. The van der Waals surface area contributed by atoms with Crippen molar-refractivity contribution >= 4 is 8.51 Å². The molecule has 2 nitrogen and oxygen atoms in total. The third kappa shape index (κ3) is 5.91. The van der Waals surface area contributed by atoms with E-state index in [2.05, 4.69) is 42.4 Å². The number of imidazole rings is 1. The zero-order valence-electron chi connectivity index (χ0n) is 8.22. The quantitative estimate of drug-likeness (QED) is 0.399. The van der Waals surface area contributed by atoms with E-state index in [4.69, 9.17) is 0 Å². The zero-order chi connectivity index (χ0) is 11.4. The Kier molecular flexibility index (Phi) is 5.05. The molecule has 1 heterocycles. The maximum absolute atomic E-state index is 9.80. The van der Waals surface area contributed by atoms with E-state index in [1.807, 2.05) is 0 Å². The summed E-state index contributed by atoms with van der Waals surface area (Å²) < 4.78 is 43.5. The number of hydrogen-bond donors (Lipinski definition) is 0. The van der Waals surface area contributed by atoms with Gasteiger partial charge < -0.3 is 0 Å². The fourth-order valence-electron chi connectivity index (χ4n) is 0.933. The summed E-state index contributed by atoms with van der Waals surface area (Å²) in [5.74, 6) is 1.30. The van der Waals surface area contributed by atoms with Crippen molar-refractivity contribution in [3.05, 3.63) is 18.2 Å². The van der Waals surface area contributed by atoms with Crippen molar-refractivity contribution in [1.29, 1.82) is 0 Å². The molecule has 1 rings (SSSR count). The van der Waals surface area contributed by atoms with Crippen LogP contribution in [0.2, 0.25) is 0 Å². The normalized spacial score (nSPS) is 11.9. The van der Waals surface area contributed by atoms with Gasteiger partial charge in [-0.15, -0.1) is 0 Å². The van der Waals surface area contributed by atoms with Crippen molar-refractivity contribution in [1.82, 2.24) is 4.57 Å². The Morgan fingerprint density at radius 3 is 1.93 bits per heavy atom. The van der Waals surface area contributed by atoms with Crippen LogP contribution < -0.4 is 4.57 Å². The van der Waals surface area contributed by atoms with Gasteiger partial charge in [-0.3, -0.25) is 0 Å². The summed E-state index contributed by atoms with van der Waals surface area (Å²) in [5, 5.41) is 0. The second-order valence-electron chi connectivity index (χ2n) is 2.63. The van der Waals surface area contributed by atoms with Gasteiger partial charge in [0.2, 0.25) is 0 Å². The third-order valence-electron chi connectivity index (χ3n) is 1.74. The summed E-state index contributed by atoms with van der Waals surface area (Å²) in [6.07, 6.45) is 4.16. The van der Waals surface area contributed by atoms with Crippen LogP contribution in [0.25, 0.3) is 0 Å². The van der Waals surface area contributed by atoms with E-state index in [0.29, 0.717) is 0 Å². The van der Waals surface area contributed by atoms with Crippen LogP contribution in [0.3, 0.4) is 0 Å². The molecule has 0 saturated heterocycles. The third-order valence-corrected chi connectivity index (χ3v) is 1.74. The number of hydrogen-bond acceptors (Lipinski definition) is 0. The molecule has 0 radical (unpaired) electrons. The van der Waals surface area contributed by atoms with Crippen LogP contribution in [0.1, 0.15) is 12.7 Å². The predicted molar refractivity (Wildman–Crippen MR) is 47.4 cm³/mol. The molecule has 0 unspecified atom stereocenters. The van der Waals surface area contributed by atoms with E-state index >= 15 is 0 Å². The van der Waals surface area contributed by atoms with Crippen LogP contribution in [-0.2, 0) is 13.6 Å². The summed E-state index contributed by atoms with van der Waals surface area (Å²) in [7, 11) is -4.33. The number of aryl methyl sites for hydroxylation is 2. The molecule has 7 heteroatoms. The van der Waals surface area contributed by atoms with Gasteiger partial charge in [0, 0.05) is 6.92 Å². The first-order valence-electron chi connectivity index (χ1n) is 3.94. The summed E-state index contributed by atoms with van der Waals surface area (Å²) in [6.45, 7) is 5.32. The Balaban J connectivity index is 0.000000292. The molecule has 0 aliphatic rings. The Bertz CT molecular complexity index is 276.